The fourth-order valence-electron chi connectivity index (χ4n) is 4.86. The van der Waals surface area contributed by atoms with Crippen LogP contribution in [0.1, 0.15) is 5.56 Å². The molecule has 4 aromatic carbocycles. The van der Waals surface area contributed by atoms with Crippen LogP contribution in [0, 0.1) is 0 Å². The first kappa shape index (κ1) is 15.8. The van der Waals surface area contributed by atoms with Crippen molar-refractivity contribution in [3.8, 4) is 0 Å². The number of H-pyrrole nitrogens is 1. The molecule has 0 radical (unpaired) electrons. The monoisotopic (exact) mass is 386 g/mol. The number of fused-ring (bicyclic) bond motifs is 8. The number of hydrogen-bond acceptors (Lipinski definition) is 1. The zero-order valence-electron chi connectivity index (χ0n) is 16.2. The third kappa shape index (κ3) is 2.02. The van der Waals surface area contributed by atoms with E-state index in [1.54, 1.807) is 0 Å². The molecule has 3 aromatic heterocycles. The first-order chi connectivity index (χ1) is 14.9. The summed E-state index contributed by atoms with van der Waals surface area (Å²) in [5.41, 5.74) is 8.20. The minimum Gasteiger partial charge on any atom is -0.355 e. The van der Waals surface area contributed by atoms with Crippen molar-refractivity contribution in [3.63, 3.8) is 0 Å². The molecule has 0 atom stereocenters. The number of nitrogens with one attached hydrogen (secondary N) is 1. The highest BCUT2D eigenvalue weighted by molar-refractivity contribution is 6.09. The second-order valence-corrected chi connectivity index (χ2v) is 7.82. The number of aromatic amines is 1. The van der Waals surface area contributed by atoms with E-state index in [1.165, 1.54) is 38.4 Å². The number of imidazole rings is 2. The molecule has 142 valence electrons. The Balaban J connectivity index is 1.56. The highest BCUT2D eigenvalue weighted by atomic mass is 15.2. The lowest BCUT2D eigenvalue weighted by Gasteiger charge is -2.07. The van der Waals surface area contributed by atoms with Crippen LogP contribution in [-0.2, 0) is 6.54 Å². The maximum Gasteiger partial charge on any atom is 0.216 e. The molecular weight excluding hydrogens is 368 g/mol. The van der Waals surface area contributed by atoms with E-state index in [4.69, 9.17) is 4.98 Å². The van der Waals surface area contributed by atoms with Crippen molar-refractivity contribution in [2.24, 2.45) is 0 Å². The summed E-state index contributed by atoms with van der Waals surface area (Å²) in [6, 6.07) is 32.0. The van der Waals surface area contributed by atoms with E-state index in [2.05, 4.69) is 98.9 Å². The quantitative estimate of drug-likeness (QED) is 0.382. The van der Waals surface area contributed by atoms with Gasteiger partial charge in [0.1, 0.15) is 0 Å². The third-order valence-electron chi connectivity index (χ3n) is 6.14. The molecule has 4 nitrogen and oxygen atoms in total. The lowest BCUT2D eigenvalue weighted by Crippen LogP contribution is -2.01. The summed E-state index contributed by atoms with van der Waals surface area (Å²) in [7, 11) is 0. The minimum atomic E-state index is 0.763. The van der Waals surface area contributed by atoms with Crippen molar-refractivity contribution in [1.29, 1.82) is 0 Å². The second-order valence-electron chi connectivity index (χ2n) is 7.82. The van der Waals surface area contributed by atoms with Crippen LogP contribution >= 0.6 is 0 Å². The molecule has 30 heavy (non-hydrogen) atoms. The van der Waals surface area contributed by atoms with Gasteiger partial charge >= 0.3 is 0 Å². The molecule has 4 heteroatoms. The van der Waals surface area contributed by atoms with Gasteiger partial charge in [-0.15, -0.1) is 0 Å². The highest BCUT2D eigenvalue weighted by Crippen LogP contribution is 2.31. The Morgan fingerprint density at radius 1 is 0.667 bits per heavy atom. The SMILES string of the molecule is c1ccc2c(c1)nc1n(Cc3cccc4[nH]c5ccccc5c34)c3ccccc3n21. The number of benzene rings is 4. The molecule has 0 spiro atoms. The van der Waals surface area contributed by atoms with Crippen LogP contribution in [0.25, 0.3) is 49.7 Å². The summed E-state index contributed by atoms with van der Waals surface area (Å²) < 4.78 is 4.62. The molecule has 0 aliphatic rings. The lowest BCUT2D eigenvalue weighted by atomic mass is 10.1. The Morgan fingerprint density at radius 2 is 1.40 bits per heavy atom. The van der Waals surface area contributed by atoms with Crippen molar-refractivity contribution in [3.05, 3.63) is 96.6 Å². The summed E-state index contributed by atoms with van der Waals surface area (Å²) in [4.78, 5) is 8.56. The van der Waals surface area contributed by atoms with E-state index in [9.17, 15) is 0 Å². The number of hydrogen-bond donors (Lipinski definition) is 1. The fourth-order valence-corrected chi connectivity index (χ4v) is 4.86. The van der Waals surface area contributed by atoms with E-state index in [0.717, 1.165) is 23.4 Å². The second kappa shape index (κ2) is 5.74. The molecule has 0 aliphatic carbocycles. The third-order valence-corrected chi connectivity index (χ3v) is 6.14. The van der Waals surface area contributed by atoms with Gasteiger partial charge in [-0.3, -0.25) is 4.40 Å². The zero-order chi connectivity index (χ0) is 19.7. The van der Waals surface area contributed by atoms with Crippen LogP contribution in [0.3, 0.4) is 0 Å². The molecule has 1 N–H and O–H groups in total. The average Bonchev–Trinajstić information content (AvgIpc) is 3.44. The van der Waals surface area contributed by atoms with Crippen molar-refractivity contribution < 1.29 is 0 Å². The van der Waals surface area contributed by atoms with Crippen molar-refractivity contribution in [1.82, 2.24) is 18.9 Å². The van der Waals surface area contributed by atoms with Gasteiger partial charge in [0.2, 0.25) is 5.78 Å². The molecule has 3 heterocycles. The predicted octanol–water partition coefficient (Wildman–Crippen LogP) is 6.13. The first-order valence-electron chi connectivity index (χ1n) is 10.2. The molecule has 0 saturated heterocycles. The zero-order valence-corrected chi connectivity index (χ0v) is 16.2. The van der Waals surface area contributed by atoms with E-state index in [-0.39, 0.29) is 0 Å². The van der Waals surface area contributed by atoms with Gasteiger partial charge in [0.25, 0.3) is 0 Å². The average molecular weight is 386 g/mol. The van der Waals surface area contributed by atoms with Gasteiger partial charge in [0.05, 0.1) is 28.6 Å². The Labute approximate surface area is 172 Å². The first-order valence-corrected chi connectivity index (χ1v) is 10.2. The molecule has 0 amide bonds. The van der Waals surface area contributed by atoms with E-state index >= 15 is 0 Å². The maximum absolute atomic E-state index is 5.00. The van der Waals surface area contributed by atoms with Crippen LogP contribution < -0.4 is 0 Å². The maximum atomic E-state index is 5.00. The highest BCUT2D eigenvalue weighted by Gasteiger charge is 2.17. The largest absolute Gasteiger partial charge is 0.355 e. The van der Waals surface area contributed by atoms with Crippen LogP contribution in [0.15, 0.2) is 91.0 Å². The number of nitrogens with zero attached hydrogens (tertiary/aromatic N) is 3. The van der Waals surface area contributed by atoms with Crippen LogP contribution in [0.5, 0.6) is 0 Å². The Bertz CT molecular complexity index is 1730. The predicted molar refractivity (Wildman–Crippen MR) is 123 cm³/mol. The van der Waals surface area contributed by atoms with Crippen molar-refractivity contribution in [2.45, 2.75) is 6.54 Å². The van der Waals surface area contributed by atoms with Crippen LogP contribution in [0.2, 0.25) is 0 Å². The summed E-state index contributed by atoms with van der Waals surface area (Å²) in [5, 5.41) is 2.56. The van der Waals surface area contributed by atoms with Gasteiger partial charge in [-0.25, -0.2) is 4.98 Å². The molecule has 7 rings (SSSR count). The Hall–Kier alpha value is -4.05. The van der Waals surface area contributed by atoms with Crippen LogP contribution in [-0.4, -0.2) is 18.9 Å². The van der Waals surface area contributed by atoms with E-state index in [1.807, 2.05) is 6.07 Å². The standard InChI is InChI=1S/C26H18N4/c1-2-10-19-18(9-1)25-17(8-7-12-21(25)27-19)16-29-23-14-5-6-15-24(23)30-22-13-4-3-11-20(22)28-26(29)30/h1-15,27H,16H2. The van der Waals surface area contributed by atoms with Gasteiger partial charge in [-0.05, 0) is 42.0 Å². The topological polar surface area (TPSA) is 38.0 Å². The van der Waals surface area contributed by atoms with Gasteiger partial charge in [0.15, 0.2) is 0 Å². The van der Waals surface area contributed by atoms with Crippen LogP contribution in [0.4, 0.5) is 0 Å². The minimum absolute atomic E-state index is 0.763. The van der Waals surface area contributed by atoms with Gasteiger partial charge in [-0.1, -0.05) is 54.6 Å². The summed E-state index contributed by atoms with van der Waals surface area (Å²) >= 11 is 0. The summed E-state index contributed by atoms with van der Waals surface area (Å²) in [6.45, 7) is 0.763. The van der Waals surface area contributed by atoms with Gasteiger partial charge in [-0.2, -0.15) is 0 Å². The Morgan fingerprint density at radius 3 is 2.33 bits per heavy atom. The number of aromatic nitrogens is 4. The molecule has 0 unspecified atom stereocenters. The summed E-state index contributed by atoms with van der Waals surface area (Å²) in [6.07, 6.45) is 0. The molecule has 0 saturated carbocycles. The van der Waals surface area contributed by atoms with E-state index in [0.29, 0.717) is 0 Å². The van der Waals surface area contributed by atoms with E-state index < -0.39 is 0 Å². The number of rotatable bonds is 2. The number of para-hydroxylation sites is 5. The lowest BCUT2D eigenvalue weighted by molar-refractivity contribution is 0.854. The normalized spacial score (nSPS) is 12.1. The molecule has 0 fully saturated rings. The summed E-state index contributed by atoms with van der Waals surface area (Å²) in [5.74, 6) is 0.981. The van der Waals surface area contributed by atoms with Crippen molar-refractivity contribution >= 4 is 49.7 Å². The molecule has 7 aromatic rings. The molecule has 0 bridgehead atoms. The molecular formula is C26H18N4. The van der Waals surface area contributed by atoms with Gasteiger partial charge < -0.3 is 9.55 Å². The smallest absolute Gasteiger partial charge is 0.216 e. The Kier molecular flexibility index (Phi) is 3.03. The molecule has 0 aliphatic heterocycles. The van der Waals surface area contributed by atoms with Crippen molar-refractivity contribution in [2.75, 3.05) is 0 Å². The fraction of sp³-hybridized carbons (Fsp3) is 0.0385. The van der Waals surface area contributed by atoms with Gasteiger partial charge in [0, 0.05) is 21.8 Å².